The lowest BCUT2D eigenvalue weighted by Gasteiger charge is -2.40. The molecular formula is C17H27N3O. The second-order valence-corrected chi connectivity index (χ2v) is 6.38. The normalized spacial score (nSPS) is 21.9. The van der Waals surface area contributed by atoms with Crippen molar-refractivity contribution in [3.05, 3.63) is 24.3 Å². The molecule has 1 atom stereocenters. The molecule has 0 aromatic heterocycles. The molecule has 0 radical (unpaired) electrons. The molecule has 1 N–H and O–H groups in total. The molecule has 1 unspecified atom stereocenters. The third kappa shape index (κ3) is 3.50. The maximum Gasteiger partial charge on any atom is 0.119 e. The molecule has 0 spiro atoms. The van der Waals surface area contributed by atoms with Gasteiger partial charge in [-0.25, -0.2) is 0 Å². The van der Waals surface area contributed by atoms with Crippen molar-refractivity contribution in [2.24, 2.45) is 11.8 Å². The van der Waals surface area contributed by atoms with Gasteiger partial charge in [0, 0.05) is 38.4 Å². The third-order valence-electron chi connectivity index (χ3n) is 4.97. The molecule has 21 heavy (non-hydrogen) atoms. The van der Waals surface area contributed by atoms with E-state index in [1.165, 1.54) is 38.4 Å². The van der Waals surface area contributed by atoms with Crippen LogP contribution in [0.5, 0.6) is 5.75 Å². The lowest BCUT2D eigenvalue weighted by molar-refractivity contribution is 0.160. The van der Waals surface area contributed by atoms with Crippen LogP contribution in [0.2, 0.25) is 0 Å². The Morgan fingerprint density at radius 3 is 2.33 bits per heavy atom. The number of hydrogen-bond acceptors (Lipinski definition) is 4. The molecule has 1 aromatic rings. The van der Waals surface area contributed by atoms with Gasteiger partial charge >= 0.3 is 0 Å². The van der Waals surface area contributed by atoms with Crippen LogP contribution < -0.4 is 15.0 Å². The summed E-state index contributed by atoms with van der Waals surface area (Å²) in [5.74, 6) is 2.64. The molecule has 2 fully saturated rings. The second-order valence-electron chi connectivity index (χ2n) is 6.38. The number of benzene rings is 1. The van der Waals surface area contributed by atoms with Gasteiger partial charge in [0.15, 0.2) is 0 Å². The molecule has 4 nitrogen and oxygen atoms in total. The monoisotopic (exact) mass is 289 g/mol. The molecule has 0 bridgehead atoms. The van der Waals surface area contributed by atoms with Crippen molar-refractivity contribution in [3.63, 3.8) is 0 Å². The first-order valence-electron chi connectivity index (χ1n) is 8.08. The summed E-state index contributed by atoms with van der Waals surface area (Å²) in [4.78, 5) is 5.11. The van der Waals surface area contributed by atoms with Crippen LogP contribution in [0.3, 0.4) is 0 Å². The quantitative estimate of drug-likeness (QED) is 0.892. The van der Waals surface area contributed by atoms with Crippen molar-refractivity contribution in [2.75, 3.05) is 57.8 Å². The fourth-order valence-electron chi connectivity index (χ4n) is 3.25. The van der Waals surface area contributed by atoms with Gasteiger partial charge in [-0.15, -0.1) is 0 Å². The highest BCUT2D eigenvalue weighted by Crippen LogP contribution is 2.22. The van der Waals surface area contributed by atoms with Gasteiger partial charge in [0.2, 0.25) is 0 Å². The minimum absolute atomic E-state index is 0.818. The SMILES string of the molecule is COc1ccc(N2CCN(CC(C)C3CNC3)CC2)cc1. The zero-order valence-electron chi connectivity index (χ0n) is 13.2. The van der Waals surface area contributed by atoms with Crippen molar-refractivity contribution in [3.8, 4) is 5.75 Å². The van der Waals surface area contributed by atoms with E-state index in [4.69, 9.17) is 4.74 Å². The van der Waals surface area contributed by atoms with Gasteiger partial charge < -0.3 is 15.0 Å². The Labute approximate surface area is 128 Å². The molecule has 3 rings (SSSR count). The topological polar surface area (TPSA) is 27.7 Å². The number of nitrogens with one attached hydrogen (secondary N) is 1. The van der Waals surface area contributed by atoms with Gasteiger partial charge in [-0.05, 0) is 49.2 Å². The summed E-state index contributed by atoms with van der Waals surface area (Å²) in [5, 5.41) is 3.38. The molecule has 4 heteroatoms. The molecule has 0 saturated carbocycles. The van der Waals surface area contributed by atoms with E-state index in [1.807, 2.05) is 12.1 Å². The van der Waals surface area contributed by atoms with E-state index >= 15 is 0 Å². The molecule has 0 amide bonds. The summed E-state index contributed by atoms with van der Waals surface area (Å²) < 4.78 is 5.22. The van der Waals surface area contributed by atoms with Crippen molar-refractivity contribution < 1.29 is 4.74 Å². The number of methoxy groups -OCH3 is 1. The van der Waals surface area contributed by atoms with E-state index < -0.39 is 0 Å². The number of rotatable bonds is 5. The zero-order valence-corrected chi connectivity index (χ0v) is 13.2. The van der Waals surface area contributed by atoms with Crippen LogP contribution in [0.15, 0.2) is 24.3 Å². The Kier molecular flexibility index (Phi) is 4.66. The summed E-state index contributed by atoms with van der Waals surface area (Å²) in [5.41, 5.74) is 1.31. The Morgan fingerprint density at radius 1 is 1.14 bits per heavy atom. The Balaban J connectivity index is 1.47. The van der Waals surface area contributed by atoms with Crippen LogP contribution in [-0.2, 0) is 0 Å². The van der Waals surface area contributed by atoms with E-state index in [1.54, 1.807) is 7.11 Å². The van der Waals surface area contributed by atoms with Crippen LogP contribution in [-0.4, -0.2) is 57.8 Å². The summed E-state index contributed by atoms with van der Waals surface area (Å²) in [6.45, 7) is 10.7. The van der Waals surface area contributed by atoms with Crippen molar-refractivity contribution >= 4 is 5.69 Å². The van der Waals surface area contributed by atoms with E-state index in [0.717, 1.165) is 30.7 Å². The maximum absolute atomic E-state index is 5.22. The number of nitrogens with zero attached hydrogens (tertiary/aromatic N) is 2. The Morgan fingerprint density at radius 2 is 1.81 bits per heavy atom. The van der Waals surface area contributed by atoms with Gasteiger partial charge in [-0.1, -0.05) is 6.92 Å². The Hall–Kier alpha value is -1.26. The minimum atomic E-state index is 0.818. The first-order chi connectivity index (χ1) is 10.3. The predicted octanol–water partition coefficient (Wildman–Crippen LogP) is 1.67. The summed E-state index contributed by atoms with van der Waals surface area (Å²) in [7, 11) is 1.71. The van der Waals surface area contributed by atoms with Gasteiger partial charge in [0.1, 0.15) is 5.75 Å². The number of hydrogen-bond donors (Lipinski definition) is 1. The number of ether oxygens (including phenoxy) is 1. The van der Waals surface area contributed by atoms with Crippen LogP contribution in [0.1, 0.15) is 6.92 Å². The maximum atomic E-state index is 5.22. The standard InChI is InChI=1S/C17H27N3O/c1-14(15-11-18-12-15)13-19-7-9-20(10-8-19)16-3-5-17(21-2)6-4-16/h3-6,14-15,18H,7-13H2,1-2H3. The highest BCUT2D eigenvalue weighted by Gasteiger charge is 2.26. The summed E-state index contributed by atoms with van der Waals surface area (Å²) in [6.07, 6.45) is 0. The van der Waals surface area contributed by atoms with E-state index in [-0.39, 0.29) is 0 Å². The minimum Gasteiger partial charge on any atom is -0.497 e. The molecule has 0 aliphatic carbocycles. The van der Waals surface area contributed by atoms with Crippen LogP contribution >= 0.6 is 0 Å². The average Bonchev–Trinajstić information content (AvgIpc) is 2.46. The van der Waals surface area contributed by atoms with E-state index in [0.29, 0.717) is 0 Å². The van der Waals surface area contributed by atoms with Crippen molar-refractivity contribution in [2.45, 2.75) is 6.92 Å². The van der Waals surface area contributed by atoms with Gasteiger partial charge in [-0.2, -0.15) is 0 Å². The summed E-state index contributed by atoms with van der Waals surface area (Å²) >= 11 is 0. The smallest absolute Gasteiger partial charge is 0.119 e. The van der Waals surface area contributed by atoms with Gasteiger partial charge in [0.25, 0.3) is 0 Å². The van der Waals surface area contributed by atoms with Crippen molar-refractivity contribution in [1.82, 2.24) is 10.2 Å². The summed E-state index contributed by atoms with van der Waals surface area (Å²) in [6, 6.07) is 8.43. The predicted molar refractivity (Wildman–Crippen MR) is 87.2 cm³/mol. The fraction of sp³-hybridized carbons (Fsp3) is 0.647. The number of piperazine rings is 1. The molecule has 116 valence electrons. The number of anilines is 1. The molecule has 1 aromatic carbocycles. The lowest BCUT2D eigenvalue weighted by atomic mass is 9.88. The van der Waals surface area contributed by atoms with Crippen molar-refractivity contribution in [1.29, 1.82) is 0 Å². The highest BCUT2D eigenvalue weighted by atomic mass is 16.5. The van der Waals surface area contributed by atoms with Gasteiger partial charge in [0.05, 0.1) is 7.11 Å². The van der Waals surface area contributed by atoms with Crippen LogP contribution in [0.25, 0.3) is 0 Å². The molecule has 2 aliphatic rings. The molecule has 2 aliphatic heterocycles. The van der Waals surface area contributed by atoms with Crippen LogP contribution in [0, 0.1) is 11.8 Å². The van der Waals surface area contributed by atoms with E-state index in [2.05, 4.69) is 34.2 Å². The average molecular weight is 289 g/mol. The largest absolute Gasteiger partial charge is 0.497 e. The lowest BCUT2D eigenvalue weighted by Crippen LogP contribution is -2.52. The van der Waals surface area contributed by atoms with Gasteiger partial charge in [-0.3, -0.25) is 4.90 Å². The highest BCUT2D eigenvalue weighted by molar-refractivity contribution is 5.49. The first-order valence-corrected chi connectivity index (χ1v) is 8.08. The fourth-order valence-corrected chi connectivity index (χ4v) is 3.25. The molecule has 2 saturated heterocycles. The molecular weight excluding hydrogens is 262 g/mol. The second kappa shape index (κ2) is 6.67. The first kappa shape index (κ1) is 14.7. The van der Waals surface area contributed by atoms with Crippen LogP contribution in [0.4, 0.5) is 5.69 Å². The van der Waals surface area contributed by atoms with E-state index in [9.17, 15) is 0 Å². The third-order valence-corrected chi connectivity index (χ3v) is 4.97. The zero-order chi connectivity index (χ0) is 14.7. The molecule has 2 heterocycles. The Bertz CT molecular complexity index is 436.